The predicted octanol–water partition coefficient (Wildman–Crippen LogP) is 2.73. The maximum absolute atomic E-state index is 12.7. The zero-order chi connectivity index (χ0) is 14.8. The van der Waals surface area contributed by atoms with Crippen LogP contribution in [0.4, 0.5) is 0 Å². The van der Waals surface area contributed by atoms with Crippen molar-refractivity contribution in [3.8, 4) is 0 Å². The zero-order valence-electron chi connectivity index (χ0n) is 12.8. The Morgan fingerprint density at radius 1 is 1.29 bits per heavy atom. The summed E-state index contributed by atoms with van der Waals surface area (Å²) in [5.41, 5.74) is 2.78. The third kappa shape index (κ3) is 2.98. The molecule has 0 saturated carbocycles. The number of carbonyl (C=O) groups excluding carboxylic acids is 1. The van der Waals surface area contributed by atoms with Crippen LogP contribution in [0.15, 0.2) is 24.3 Å². The van der Waals surface area contributed by atoms with Crippen LogP contribution in [-0.2, 0) is 11.2 Å². The Kier molecular flexibility index (Phi) is 4.29. The van der Waals surface area contributed by atoms with E-state index < -0.39 is 0 Å². The molecule has 1 aliphatic heterocycles. The van der Waals surface area contributed by atoms with Crippen LogP contribution < -0.4 is 0 Å². The average Bonchev–Trinajstić information content (AvgIpc) is 2.91. The smallest absolute Gasteiger partial charge is 0.223 e. The summed E-state index contributed by atoms with van der Waals surface area (Å²) < 4.78 is 0. The molecule has 3 unspecified atom stereocenters. The highest BCUT2D eigenvalue weighted by molar-refractivity contribution is 5.78. The summed E-state index contributed by atoms with van der Waals surface area (Å²) >= 11 is 0. The molecule has 0 spiro atoms. The lowest BCUT2D eigenvalue weighted by molar-refractivity contribution is -0.136. The van der Waals surface area contributed by atoms with Crippen molar-refractivity contribution in [3.63, 3.8) is 0 Å². The molecule has 1 aliphatic carbocycles. The van der Waals surface area contributed by atoms with Gasteiger partial charge in [0.25, 0.3) is 0 Å². The van der Waals surface area contributed by atoms with Crippen molar-refractivity contribution in [3.05, 3.63) is 35.4 Å². The number of fused-ring (bicyclic) bond motifs is 1. The summed E-state index contributed by atoms with van der Waals surface area (Å²) in [5, 5.41) is 9.35. The van der Waals surface area contributed by atoms with Crippen molar-refractivity contribution in [2.75, 3.05) is 13.2 Å². The van der Waals surface area contributed by atoms with Gasteiger partial charge in [0, 0.05) is 25.6 Å². The van der Waals surface area contributed by atoms with Crippen LogP contribution in [0.25, 0.3) is 0 Å². The summed E-state index contributed by atoms with van der Waals surface area (Å²) in [6, 6.07) is 8.84. The first-order chi connectivity index (χ1) is 10.2. The number of rotatable bonds is 3. The molecule has 1 aromatic carbocycles. The Balaban J connectivity index is 1.66. The van der Waals surface area contributed by atoms with Crippen LogP contribution in [0.3, 0.4) is 0 Å². The summed E-state index contributed by atoms with van der Waals surface area (Å²) in [4.78, 5) is 14.7. The minimum Gasteiger partial charge on any atom is -0.396 e. The normalized spacial score (nSPS) is 28.5. The number of aryl methyl sites for hydroxylation is 1. The number of aliphatic hydroxyl groups is 1. The van der Waals surface area contributed by atoms with Crippen LogP contribution in [0, 0.1) is 5.92 Å². The minimum absolute atomic E-state index is 0.197. The first-order valence-electron chi connectivity index (χ1n) is 8.17. The number of likely N-dealkylation sites (tertiary alicyclic amines) is 1. The zero-order valence-corrected chi connectivity index (χ0v) is 12.8. The van der Waals surface area contributed by atoms with Gasteiger partial charge in [-0.15, -0.1) is 0 Å². The molecule has 0 aromatic heterocycles. The van der Waals surface area contributed by atoms with E-state index in [9.17, 15) is 9.90 Å². The molecule has 1 aromatic rings. The number of piperidine rings is 1. The molecular formula is C18H25NO2. The lowest BCUT2D eigenvalue weighted by Crippen LogP contribution is -2.46. The second-order valence-electron chi connectivity index (χ2n) is 6.66. The minimum atomic E-state index is 0.197. The van der Waals surface area contributed by atoms with Crippen LogP contribution in [0.2, 0.25) is 0 Å². The van der Waals surface area contributed by atoms with E-state index in [1.54, 1.807) is 0 Å². The molecule has 1 fully saturated rings. The Hall–Kier alpha value is -1.35. The van der Waals surface area contributed by atoms with E-state index in [0.29, 0.717) is 18.4 Å². The molecule has 3 heteroatoms. The van der Waals surface area contributed by atoms with E-state index >= 15 is 0 Å². The van der Waals surface area contributed by atoms with E-state index in [1.807, 2.05) is 4.90 Å². The van der Waals surface area contributed by atoms with Crippen LogP contribution in [0.5, 0.6) is 0 Å². The number of nitrogens with zero attached hydrogens (tertiary/aromatic N) is 1. The molecule has 0 radical (unpaired) electrons. The second kappa shape index (κ2) is 6.18. The van der Waals surface area contributed by atoms with E-state index in [-0.39, 0.29) is 18.4 Å². The number of carbonyl (C=O) groups is 1. The molecule has 2 aliphatic rings. The van der Waals surface area contributed by atoms with Crippen molar-refractivity contribution >= 4 is 5.91 Å². The lowest BCUT2D eigenvalue weighted by Gasteiger charge is -2.38. The van der Waals surface area contributed by atoms with Gasteiger partial charge in [-0.1, -0.05) is 24.3 Å². The molecule has 3 atom stereocenters. The highest BCUT2D eigenvalue weighted by atomic mass is 16.3. The monoisotopic (exact) mass is 287 g/mol. The SMILES string of the molecule is CC1CCC(CO)CN1C(=O)CC1CCc2ccccc21. The van der Waals surface area contributed by atoms with Gasteiger partial charge in [-0.2, -0.15) is 0 Å². The van der Waals surface area contributed by atoms with Crippen molar-refractivity contribution < 1.29 is 9.90 Å². The maximum atomic E-state index is 12.7. The third-order valence-corrected chi connectivity index (χ3v) is 5.24. The van der Waals surface area contributed by atoms with E-state index in [4.69, 9.17) is 0 Å². The standard InChI is InChI=1S/C18H25NO2/c1-13-6-7-14(12-20)11-19(13)18(21)10-16-9-8-15-4-2-3-5-17(15)16/h2-5,13-14,16,20H,6-12H2,1H3. The van der Waals surface area contributed by atoms with Gasteiger partial charge < -0.3 is 10.0 Å². The molecule has 3 rings (SSSR count). The van der Waals surface area contributed by atoms with Gasteiger partial charge in [-0.05, 0) is 55.6 Å². The lowest BCUT2D eigenvalue weighted by atomic mass is 9.92. The molecule has 3 nitrogen and oxygen atoms in total. The molecule has 21 heavy (non-hydrogen) atoms. The molecule has 114 valence electrons. The quantitative estimate of drug-likeness (QED) is 0.928. The molecule has 1 amide bonds. The summed E-state index contributed by atoms with van der Waals surface area (Å²) in [6.07, 6.45) is 4.87. The molecule has 1 saturated heterocycles. The van der Waals surface area contributed by atoms with Crippen molar-refractivity contribution in [1.82, 2.24) is 4.90 Å². The fourth-order valence-corrected chi connectivity index (χ4v) is 3.86. The highest BCUT2D eigenvalue weighted by Crippen LogP contribution is 2.36. The van der Waals surface area contributed by atoms with Crippen molar-refractivity contribution in [1.29, 1.82) is 0 Å². The Morgan fingerprint density at radius 2 is 2.10 bits per heavy atom. The molecule has 1 heterocycles. The van der Waals surface area contributed by atoms with Gasteiger partial charge in [-0.3, -0.25) is 4.79 Å². The number of aliphatic hydroxyl groups excluding tert-OH is 1. The van der Waals surface area contributed by atoms with Gasteiger partial charge in [0.05, 0.1) is 0 Å². The first kappa shape index (κ1) is 14.6. The predicted molar refractivity (Wildman–Crippen MR) is 83.1 cm³/mol. The van der Waals surface area contributed by atoms with Gasteiger partial charge in [0.1, 0.15) is 0 Å². The molecular weight excluding hydrogens is 262 g/mol. The third-order valence-electron chi connectivity index (χ3n) is 5.24. The largest absolute Gasteiger partial charge is 0.396 e. The van der Waals surface area contributed by atoms with Crippen LogP contribution >= 0.6 is 0 Å². The fraction of sp³-hybridized carbons (Fsp3) is 0.611. The molecule has 1 N–H and O–H groups in total. The van der Waals surface area contributed by atoms with E-state index in [1.165, 1.54) is 11.1 Å². The molecule has 0 bridgehead atoms. The first-order valence-corrected chi connectivity index (χ1v) is 8.17. The summed E-state index contributed by atoms with van der Waals surface area (Å²) in [7, 11) is 0. The Morgan fingerprint density at radius 3 is 2.90 bits per heavy atom. The van der Waals surface area contributed by atoms with E-state index in [2.05, 4.69) is 31.2 Å². The van der Waals surface area contributed by atoms with Gasteiger partial charge >= 0.3 is 0 Å². The number of hydrogen-bond donors (Lipinski definition) is 1. The summed E-state index contributed by atoms with van der Waals surface area (Å²) in [5.74, 6) is 0.916. The van der Waals surface area contributed by atoms with Crippen molar-refractivity contribution in [2.24, 2.45) is 5.92 Å². The topological polar surface area (TPSA) is 40.5 Å². The van der Waals surface area contributed by atoms with Gasteiger partial charge in [-0.25, -0.2) is 0 Å². The fourth-order valence-electron chi connectivity index (χ4n) is 3.86. The van der Waals surface area contributed by atoms with E-state index in [0.717, 1.165) is 32.2 Å². The highest BCUT2D eigenvalue weighted by Gasteiger charge is 2.31. The van der Waals surface area contributed by atoms with Crippen LogP contribution in [0.1, 0.15) is 49.7 Å². The Labute approximate surface area is 127 Å². The number of amides is 1. The van der Waals surface area contributed by atoms with Gasteiger partial charge in [0.2, 0.25) is 5.91 Å². The number of hydrogen-bond acceptors (Lipinski definition) is 2. The van der Waals surface area contributed by atoms with Crippen molar-refractivity contribution in [2.45, 2.75) is 51.0 Å². The average molecular weight is 287 g/mol. The second-order valence-corrected chi connectivity index (χ2v) is 6.66. The number of benzene rings is 1. The van der Waals surface area contributed by atoms with Gasteiger partial charge in [0.15, 0.2) is 0 Å². The Bertz CT molecular complexity index is 514. The summed E-state index contributed by atoms with van der Waals surface area (Å²) in [6.45, 7) is 3.06. The van der Waals surface area contributed by atoms with Crippen LogP contribution in [-0.4, -0.2) is 35.1 Å². The maximum Gasteiger partial charge on any atom is 0.223 e.